The molecule has 0 radical (unpaired) electrons. The van der Waals surface area contributed by atoms with E-state index in [0.29, 0.717) is 36.0 Å². The van der Waals surface area contributed by atoms with Crippen molar-refractivity contribution in [3.8, 4) is 23.3 Å². The average molecular weight is 426 g/mol. The van der Waals surface area contributed by atoms with Crippen LogP contribution in [0.2, 0.25) is 0 Å². The molecule has 1 fully saturated rings. The zero-order valence-corrected chi connectivity index (χ0v) is 17.9. The van der Waals surface area contributed by atoms with Crippen LogP contribution in [0.1, 0.15) is 26.3 Å². The summed E-state index contributed by atoms with van der Waals surface area (Å²) < 4.78 is 19.7. The van der Waals surface area contributed by atoms with E-state index in [2.05, 4.69) is 21.7 Å². The van der Waals surface area contributed by atoms with Gasteiger partial charge in [0, 0.05) is 61.3 Å². The summed E-state index contributed by atoms with van der Waals surface area (Å²) in [4.78, 5) is 19.2. The third-order valence-corrected chi connectivity index (χ3v) is 5.00. The lowest BCUT2D eigenvalue weighted by atomic mass is 9.96. The normalized spacial score (nSPS) is 14.3. The number of hydrogen-bond acceptors (Lipinski definition) is 5. The van der Waals surface area contributed by atoms with Crippen LogP contribution in [-0.4, -0.2) is 57.7 Å². The first-order chi connectivity index (χ1) is 14.6. The van der Waals surface area contributed by atoms with Crippen molar-refractivity contribution in [2.75, 3.05) is 31.9 Å². The van der Waals surface area contributed by atoms with E-state index < -0.39 is 17.4 Å². The van der Waals surface area contributed by atoms with Crippen LogP contribution in [0.3, 0.4) is 0 Å². The van der Waals surface area contributed by atoms with Gasteiger partial charge in [-0.1, -0.05) is 11.8 Å². The maximum atomic E-state index is 14.0. The van der Waals surface area contributed by atoms with Crippen molar-refractivity contribution in [1.82, 2.24) is 14.8 Å². The van der Waals surface area contributed by atoms with Gasteiger partial charge in [-0.05, 0) is 32.9 Å². The number of carbonyl (C=O) groups is 1. The Morgan fingerprint density at radius 2 is 2.10 bits per heavy atom. The maximum Gasteiger partial charge on any atom is 0.407 e. The predicted molar refractivity (Wildman–Crippen MR) is 116 cm³/mol. The smallest absolute Gasteiger partial charge is 0.407 e. The summed E-state index contributed by atoms with van der Waals surface area (Å²) in [6, 6.07) is 5.87. The summed E-state index contributed by atoms with van der Waals surface area (Å²) in [5, 5.41) is 9.42. The number of benzene rings is 1. The summed E-state index contributed by atoms with van der Waals surface area (Å²) in [6.45, 7) is 8.33. The summed E-state index contributed by atoms with van der Waals surface area (Å²) in [5.74, 6) is 6.35. The molecule has 1 aromatic heterocycles. The third-order valence-electron chi connectivity index (χ3n) is 5.00. The Hall–Kier alpha value is -3.31. The van der Waals surface area contributed by atoms with E-state index in [1.165, 1.54) is 17.0 Å². The van der Waals surface area contributed by atoms with Crippen molar-refractivity contribution in [2.24, 2.45) is 5.92 Å². The lowest BCUT2D eigenvalue weighted by Gasteiger charge is -2.43. The minimum atomic E-state index is -0.896. The highest BCUT2D eigenvalue weighted by molar-refractivity contribution is 5.66. The molecule has 0 saturated carbocycles. The molecule has 0 aliphatic carbocycles. The molecule has 2 aromatic rings. The number of nitrogens with zero attached hydrogens (tertiary/aromatic N) is 3. The van der Waals surface area contributed by atoms with E-state index >= 15 is 0 Å². The third kappa shape index (κ3) is 5.86. The Kier molecular flexibility index (Phi) is 6.66. The number of halogens is 1. The molecule has 1 aromatic carbocycles. The van der Waals surface area contributed by atoms with Crippen LogP contribution >= 0.6 is 0 Å². The van der Waals surface area contributed by atoms with E-state index in [1.807, 2.05) is 20.8 Å². The van der Waals surface area contributed by atoms with Gasteiger partial charge in [-0.15, -0.1) is 0 Å². The van der Waals surface area contributed by atoms with Crippen molar-refractivity contribution in [1.29, 1.82) is 0 Å². The molecule has 7 nitrogen and oxygen atoms in total. The van der Waals surface area contributed by atoms with Crippen molar-refractivity contribution in [3.05, 3.63) is 48.0 Å². The fraction of sp³-hybridized carbons (Fsp3) is 0.391. The molecule has 8 heteroatoms. The summed E-state index contributed by atoms with van der Waals surface area (Å²) >= 11 is 0. The van der Waals surface area contributed by atoms with E-state index in [1.54, 1.807) is 24.5 Å². The van der Waals surface area contributed by atoms with Crippen molar-refractivity contribution < 1.29 is 19.0 Å². The molecule has 0 unspecified atom stereocenters. The van der Waals surface area contributed by atoms with Crippen LogP contribution in [0.4, 0.5) is 14.9 Å². The van der Waals surface area contributed by atoms with Crippen LogP contribution in [0.25, 0.3) is 0 Å². The number of likely N-dealkylation sites (tertiary alicyclic amines) is 1. The highest BCUT2D eigenvalue weighted by Gasteiger charge is 2.33. The van der Waals surface area contributed by atoms with Gasteiger partial charge in [-0.25, -0.2) is 9.18 Å². The number of carboxylic acid groups (broad SMARTS) is 1. The Balaban J connectivity index is 1.56. The zero-order chi connectivity index (χ0) is 22.6. The number of pyridine rings is 1. The topological polar surface area (TPSA) is 91.9 Å². The largest absolute Gasteiger partial charge is 0.465 e. The number of ether oxygens (including phenoxy) is 1. The number of nitrogens with two attached hydrogens (primary N) is 1. The van der Waals surface area contributed by atoms with Crippen molar-refractivity contribution in [3.63, 3.8) is 0 Å². The van der Waals surface area contributed by atoms with Gasteiger partial charge in [0.15, 0.2) is 11.6 Å². The van der Waals surface area contributed by atoms with Crippen LogP contribution in [-0.2, 0) is 0 Å². The van der Waals surface area contributed by atoms with Gasteiger partial charge in [0.05, 0.1) is 12.1 Å². The highest BCUT2D eigenvalue weighted by Crippen LogP contribution is 2.28. The minimum absolute atomic E-state index is 0.0656. The van der Waals surface area contributed by atoms with Gasteiger partial charge in [0.1, 0.15) is 5.75 Å². The van der Waals surface area contributed by atoms with E-state index in [-0.39, 0.29) is 5.75 Å². The Bertz CT molecular complexity index is 1000. The number of anilines is 1. The lowest BCUT2D eigenvalue weighted by Crippen LogP contribution is -2.55. The van der Waals surface area contributed by atoms with E-state index in [4.69, 9.17) is 10.5 Å². The Labute approximate surface area is 181 Å². The molecular formula is C23H27FN4O3. The molecule has 31 heavy (non-hydrogen) atoms. The fourth-order valence-electron chi connectivity index (χ4n) is 3.35. The molecule has 1 saturated heterocycles. The van der Waals surface area contributed by atoms with Gasteiger partial charge in [-0.2, -0.15) is 0 Å². The maximum absolute atomic E-state index is 14.0. The van der Waals surface area contributed by atoms with Crippen molar-refractivity contribution in [2.45, 2.75) is 26.3 Å². The molecule has 3 rings (SSSR count). The zero-order valence-electron chi connectivity index (χ0n) is 17.9. The second-order valence-corrected chi connectivity index (χ2v) is 8.59. The number of rotatable bonds is 5. The predicted octanol–water partition coefficient (Wildman–Crippen LogP) is 3.66. The molecule has 1 aliphatic rings. The van der Waals surface area contributed by atoms with E-state index in [0.717, 1.165) is 13.1 Å². The first kappa shape index (κ1) is 22.4. The average Bonchev–Trinajstić information content (AvgIpc) is 2.64. The van der Waals surface area contributed by atoms with Crippen molar-refractivity contribution >= 4 is 11.8 Å². The standard InChI is InChI=1S/C23H27FN4O3/c1-23(2,3)28(22(29)30)15-16-13-27(14-16)10-4-5-17-12-26-9-8-20(17)31-21-7-6-18(25)11-19(21)24/h6-9,11-12,16H,10,13-15,25H2,1-3H3,(H,29,30). The molecule has 0 atom stereocenters. The van der Waals surface area contributed by atoms with Crippen LogP contribution in [0, 0.1) is 23.6 Å². The van der Waals surface area contributed by atoms with Crippen LogP contribution in [0.5, 0.6) is 11.5 Å². The first-order valence-electron chi connectivity index (χ1n) is 10.0. The van der Waals surface area contributed by atoms with Gasteiger partial charge in [0.2, 0.25) is 0 Å². The van der Waals surface area contributed by atoms with Gasteiger partial charge < -0.3 is 20.5 Å². The number of amides is 1. The van der Waals surface area contributed by atoms with Gasteiger partial charge in [-0.3, -0.25) is 9.88 Å². The van der Waals surface area contributed by atoms with Gasteiger partial charge >= 0.3 is 6.09 Å². The first-order valence-corrected chi connectivity index (χ1v) is 10.0. The molecule has 0 spiro atoms. The molecule has 3 N–H and O–H groups in total. The summed E-state index contributed by atoms with van der Waals surface area (Å²) in [7, 11) is 0. The fourth-order valence-corrected chi connectivity index (χ4v) is 3.35. The van der Waals surface area contributed by atoms with Gasteiger partial charge in [0.25, 0.3) is 0 Å². The Morgan fingerprint density at radius 1 is 1.35 bits per heavy atom. The Morgan fingerprint density at radius 3 is 2.74 bits per heavy atom. The second-order valence-electron chi connectivity index (χ2n) is 8.59. The number of aromatic nitrogens is 1. The SMILES string of the molecule is CC(C)(C)N(CC1CN(CC#Cc2cnccc2Oc2ccc(N)cc2F)C1)C(=O)O. The molecule has 2 heterocycles. The second kappa shape index (κ2) is 9.23. The molecule has 1 aliphatic heterocycles. The molecule has 0 bridgehead atoms. The minimum Gasteiger partial charge on any atom is -0.465 e. The monoisotopic (exact) mass is 426 g/mol. The lowest BCUT2D eigenvalue weighted by molar-refractivity contribution is 0.0432. The molecule has 1 amide bonds. The molecular weight excluding hydrogens is 399 g/mol. The highest BCUT2D eigenvalue weighted by atomic mass is 19.1. The number of hydrogen-bond donors (Lipinski definition) is 2. The van der Waals surface area contributed by atoms with E-state index in [9.17, 15) is 14.3 Å². The molecule has 164 valence electrons. The number of nitrogen functional groups attached to an aromatic ring is 1. The van der Waals surface area contributed by atoms with Crippen LogP contribution in [0.15, 0.2) is 36.7 Å². The quantitative estimate of drug-likeness (QED) is 0.560. The summed E-state index contributed by atoms with van der Waals surface area (Å²) in [6.07, 6.45) is 2.23. The van der Waals surface area contributed by atoms with Crippen LogP contribution < -0.4 is 10.5 Å². The summed E-state index contributed by atoms with van der Waals surface area (Å²) in [5.41, 5.74) is 6.02.